The fourth-order valence-electron chi connectivity index (χ4n) is 6.03. The molecule has 0 saturated carbocycles. The molecule has 1 aromatic heterocycles. The van der Waals surface area contributed by atoms with E-state index in [0.717, 1.165) is 22.3 Å². The van der Waals surface area contributed by atoms with Crippen LogP contribution in [0.4, 0.5) is 9.59 Å². The smallest absolute Gasteiger partial charge is 0.410 e. The second-order valence-corrected chi connectivity index (χ2v) is 11.8. The molecule has 1 saturated heterocycles. The second-order valence-electron chi connectivity index (χ2n) is 11.8. The predicted octanol–water partition coefficient (Wildman–Crippen LogP) is 6.17. The molecule has 5 rings (SSSR count). The van der Waals surface area contributed by atoms with E-state index in [-0.39, 0.29) is 36.7 Å². The Kier molecular flexibility index (Phi) is 7.55. The zero-order valence-electron chi connectivity index (χ0n) is 24.1. The Morgan fingerprint density at radius 1 is 1.05 bits per heavy atom. The number of carbonyl (C=O) groups excluding carboxylic acids is 2. The quantitative estimate of drug-likeness (QED) is 0.374. The Bertz CT molecular complexity index is 1430. The summed E-state index contributed by atoms with van der Waals surface area (Å²) in [6.07, 6.45) is -0.404. The maximum Gasteiger partial charge on any atom is 0.410 e. The molecule has 0 spiro atoms. The molecule has 1 fully saturated rings. The third kappa shape index (κ3) is 5.66. The molecule has 2 aromatic carbocycles. The summed E-state index contributed by atoms with van der Waals surface area (Å²) in [5.74, 6) is -1.14. The standard InChI is InChI=1S/C32H37N3O6/c1-19-26(29(36)37)16-21(33-19)17-35(28-14-15-34(20(28)2)31(39)41-32(3,4)5)30(38)40-18-27-24-12-8-6-10-22(24)23-11-7-9-13-25(23)27/h6-13,16,20,27-28,33H,14-15,17-18H2,1-5H3,(H,36,37)/t20-,28-/m1/s1. The number of nitrogens with one attached hydrogen (secondary N) is 1. The van der Waals surface area contributed by atoms with Gasteiger partial charge in [0.25, 0.3) is 0 Å². The van der Waals surface area contributed by atoms with Crippen LogP contribution in [0.15, 0.2) is 54.6 Å². The van der Waals surface area contributed by atoms with Gasteiger partial charge in [0.15, 0.2) is 0 Å². The van der Waals surface area contributed by atoms with Gasteiger partial charge in [-0.1, -0.05) is 48.5 Å². The molecule has 41 heavy (non-hydrogen) atoms. The minimum Gasteiger partial charge on any atom is -0.478 e. The van der Waals surface area contributed by atoms with E-state index in [1.54, 1.807) is 22.8 Å². The Hall–Kier alpha value is -4.27. The maximum absolute atomic E-state index is 13.8. The van der Waals surface area contributed by atoms with Gasteiger partial charge in [0.2, 0.25) is 0 Å². The van der Waals surface area contributed by atoms with Gasteiger partial charge in [-0.15, -0.1) is 0 Å². The molecule has 2 aliphatic rings. The molecule has 0 unspecified atom stereocenters. The first kappa shape index (κ1) is 28.3. The molecule has 1 aliphatic heterocycles. The van der Waals surface area contributed by atoms with Gasteiger partial charge in [-0.2, -0.15) is 0 Å². The van der Waals surface area contributed by atoms with Crippen molar-refractivity contribution < 1.29 is 29.0 Å². The van der Waals surface area contributed by atoms with Crippen LogP contribution in [0.1, 0.15) is 72.9 Å². The van der Waals surface area contributed by atoms with Crippen LogP contribution in [-0.2, 0) is 16.0 Å². The van der Waals surface area contributed by atoms with Crippen molar-refractivity contribution in [2.45, 2.75) is 71.2 Å². The number of ether oxygens (including phenoxy) is 2. The molecule has 2 amide bonds. The lowest BCUT2D eigenvalue weighted by atomic mass is 9.98. The number of H-pyrrole nitrogens is 1. The Labute approximate surface area is 240 Å². The van der Waals surface area contributed by atoms with Gasteiger partial charge in [0, 0.05) is 23.9 Å². The van der Waals surface area contributed by atoms with E-state index in [9.17, 15) is 19.5 Å². The third-order valence-corrected chi connectivity index (χ3v) is 7.95. The van der Waals surface area contributed by atoms with Crippen molar-refractivity contribution in [3.8, 4) is 11.1 Å². The van der Waals surface area contributed by atoms with Crippen LogP contribution in [0.2, 0.25) is 0 Å². The fraction of sp³-hybridized carbons (Fsp3) is 0.406. The number of rotatable bonds is 6. The molecule has 1 aliphatic carbocycles. The largest absolute Gasteiger partial charge is 0.478 e. The van der Waals surface area contributed by atoms with Crippen LogP contribution in [0.3, 0.4) is 0 Å². The van der Waals surface area contributed by atoms with E-state index in [1.807, 2.05) is 52.0 Å². The zero-order chi connectivity index (χ0) is 29.5. The highest BCUT2D eigenvalue weighted by Gasteiger charge is 2.42. The first-order valence-electron chi connectivity index (χ1n) is 14.0. The summed E-state index contributed by atoms with van der Waals surface area (Å²) in [7, 11) is 0. The summed E-state index contributed by atoms with van der Waals surface area (Å²) in [6.45, 7) is 9.74. The van der Waals surface area contributed by atoms with Crippen molar-refractivity contribution in [2.75, 3.05) is 13.2 Å². The van der Waals surface area contributed by atoms with Gasteiger partial charge in [-0.25, -0.2) is 14.4 Å². The number of nitrogens with zero attached hydrogens (tertiary/aromatic N) is 2. The van der Waals surface area contributed by atoms with Crippen LogP contribution < -0.4 is 0 Å². The Morgan fingerprint density at radius 3 is 2.22 bits per heavy atom. The molecular formula is C32H37N3O6. The van der Waals surface area contributed by atoms with Crippen molar-refractivity contribution in [2.24, 2.45) is 0 Å². The van der Waals surface area contributed by atoms with Crippen LogP contribution >= 0.6 is 0 Å². The van der Waals surface area contributed by atoms with Crippen LogP contribution in [0.25, 0.3) is 11.1 Å². The number of aromatic carboxylic acids is 1. The van der Waals surface area contributed by atoms with Crippen molar-refractivity contribution in [1.29, 1.82) is 0 Å². The SMILES string of the molecule is Cc1[nH]c(CN(C(=O)OCC2c3ccccc3-c3ccccc32)[C@@H]2CCN(C(=O)OC(C)(C)C)[C@@H]2C)cc1C(=O)O. The molecular weight excluding hydrogens is 522 g/mol. The van der Waals surface area contributed by atoms with Gasteiger partial charge in [-0.05, 0) is 69.4 Å². The lowest BCUT2D eigenvalue weighted by molar-refractivity contribution is 0.0187. The van der Waals surface area contributed by atoms with Crippen molar-refractivity contribution in [3.05, 3.63) is 82.7 Å². The minimum atomic E-state index is -1.04. The van der Waals surface area contributed by atoms with E-state index >= 15 is 0 Å². The molecule has 0 bridgehead atoms. The molecule has 2 N–H and O–H groups in total. The summed E-state index contributed by atoms with van der Waals surface area (Å²) in [6, 6.07) is 17.2. The highest BCUT2D eigenvalue weighted by molar-refractivity contribution is 5.89. The van der Waals surface area contributed by atoms with Crippen LogP contribution in [0, 0.1) is 6.92 Å². The summed E-state index contributed by atoms with van der Waals surface area (Å²) in [5.41, 5.74) is 5.11. The molecule has 2 atom stereocenters. The number of carboxylic acids is 1. The lowest BCUT2D eigenvalue weighted by Gasteiger charge is -2.33. The average molecular weight is 560 g/mol. The number of aryl methyl sites for hydroxylation is 1. The molecule has 9 nitrogen and oxygen atoms in total. The Balaban J connectivity index is 1.39. The van der Waals surface area contributed by atoms with E-state index < -0.39 is 23.8 Å². The summed E-state index contributed by atoms with van der Waals surface area (Å²) in [5, 5.41) is 9.55. The number of benzene rings is 2. The van der Waals surface area contributed by atoms with Crippen molar-refractivity contribution in [1.82, 2.24) is 14.8 Å². The number of likely N-dealkylation sites (tertiary alicyclic amines) is 1. The topological polar surface area (TPSA) is 112 Å². The van der Waals surface area contributed by atoms with Gasteiger partial charge < -0.3 is 24.5 Å². The summed E-state index contributed by atoms with van der Waals surface area (Å²) < 4.78 is 11.6. The summed E-state index contributed by atoms with van der Waals surface area (Å²) >= 11 is 0. The molecule has 216 valence electrons. The number of aromatic amines is 1. The van der Waals surface area contributed by atoms with Crippen molar-refractivity contribution >= 4 is 18.2 Å². The first-order valence-corrected chi connectivity index (χ1v) is 14.0. The zero-order valence-corrected chi connectivity index (χ0v) is 24.1. The molecule has 0 radical (unpaired) electrons. The van der Waals surface area contributed by atoms with Crippen molar-refractivity contribution in [3.63, 3.8) is 0 Å². The first-order chi connectivity index (χ1) is 19.4. The van der Waals surface area contributed by atoms with E-state index in [1.165, 1.54) is 0 Å². The average Bonchev–Trinajstić information content (AvgIpc) is 3.58. The van der Waals surface area contributed by atoms with E-state index in [0.29, 0.717) is 24.4 Å². The number of amides is 2. The minimum absolute atomic E-state index is 0.0983. The van der Waals surface area contributed by atoms with Gasteiger partial charge >= 0.3 is 18.2 Å². The number of hydrogen-bond acceptors (Lipinski definition) is 5. The van der Waals surface area contributed by atoms with Crippen LogP contribution in [-0.4, -0.2) is 68.9 Å². The molecule has 2 heterocycles. The van der Waals surface area contributed by atoms with Gasteiger partial charge in [0.1, 0.15) is 12.2 Å². The van der Waals surface area contributed by atoms with Gasteiger partial charge in [-0.3, -0.25) is 4.90 Å². The highest BCUT2D eigenvalue weighted by Crippen LogP contribution is 2.44. The fourth-order valence-corrected chi connectivity index (χ4v) is 6.03. The monoisotopic (exact) mass is 559 g/mol. The third-order valence-electron chi connectivity index (χ3n) is 7.95. The van der Waals surface area contributed by atoms with E-state index in [4.69, 9.17) is 9.47 Å². The highest BCUT2D eigenvalue weighted by atomic mass is 16.6. The van der Waals surface area contributed by atoms with Crippen LogP contribution in [0.5, 0.6) is 0 Å². The van der Waals surface area contributed by atoms with E-state index in [2.05, 4.69) is 29.2 Å². The molecule has 9 heteroatoms. The summed E-state index contributed by atoms with van der Waals surface area (Å²) in [4.78, 5) is 44.8. The predicted molar refractivity (Wildman–Crippen MR) is 154 cm³/mol. The number of carbonyl (C=O) groups is 3. The number of hydrogen-bond donors (Lipinski definition) is 2. The Morgan fingerprint density at radius 2 is 1.66 bits per heavy atom. The van der Waals surface area contributed by atoms with Gasteiger partial charge in [0.05, 0.1) is 24.2 Å². The second kappa shape index (κ2) is 11.0. The normalized spacial score (nSPS) is 18.1. The number of carboxylic acid groups (broad SMARTS) is 1. The number of fused-ring (bicyclic) bond motifs is 3. The number of aromatic nitrogens is 1. The maximum atomic E-state index is 13.8. The lowest BCUT2D eigenvalue weighted by Crippen LogP contribution is -2.48. The molecule has 3 aromatic rings.